The SMILES string of the molecule is COc1cc(/C=C(\CCc2ccccc2)C(=O)O)cc(OC)c1. The monoisotopic (exact) mass is 312 g/mol. The molecule has 0 heterocycles. The van der Waals surface area contributed by atoms with Crippen LogP contribution in [-0.4, -0.2) is 25.3 Å². The molecule has 2 rings (SSSR count). The van der Waals surface area contributed by atoms with Crippen LogP contribution in [0, 0.1) is 0 Å². The Morgan fingerprint density at radius 2 is 1.65 bits per heavy atom. The van der Waals surface area contributed by atoms with E-state index in [-0.39, 0.29) is 0 Å². The van der Waals surface area contributed by atoms with E-state index in [0.29, 0.717) is 29.9 Å². The van der Waals surface area contributed by atoms with Gasteiger partial charge in [-0.2, -0.15) is 0 Å². The lowest BCUT2D eigenvalue weighted by atomic mass is 10.0. The summed E-state index contributed by atoms with van der Waals surface area (Å²) >= 11 is 0. The highest BCUT2D eigenvalue weighted by atomic mass is 16.5. The van der Waals surface area contributed by atoms with Crippen molar-refractivity contribution in [3.8, 4) is 11.5 Å². The Labute approximate surface area is 136 Å². The van der Waals surface area contributed by atoms with E-state index >= 15 is 0 Å². The molecule has 0 bridgehead atoms. The maximum Gasteiger partial charge on any atom is 0.331 e. The van der Waals surface area contributed by atoms with Gasteiger partial charge in [-0.3, -0.25) is 0 Å². The van der Waals surface area contributed by atoms with Gasteiger partial charge in [0, 0.05) is 11.6 Å². The summed E-state index contributed by atoms with van der Waals surface area (Å²) in [7, 11) is 3.13. The van der Waals surface area contributed by atoms with Crippen LogP contribution < -0.4 is 9.47 Å². The van der Waals surface area contributed by atoms with Gasteiger partial charge in [-0.05, 0) is 42.2 Å². The molecule has 0 aliphatic heterocycles. The van der Waals surface area contributed by atoms with Crippen molar-refractivity contribution in [3.63, 3.8) is 0 Å². The molecule has 0 saturated carbocycles. The molecule has 0 unspecified atom stereocenters. The molecule has 0 amide bonds. The van der Waals surface area contributed by atoms with Crippen molar-refractivity contribution in [2.24, 2.45) is 0 Å². The third-order valence-electron chi connectivity index (χ3n) is 3.52. The maximum absolute atomic E-state index is 11.5. The summed E-state index contributed by atoms with van der Waals surface area (Å²) in [4.78, 5) is 11.5. The summed E-state index contributed by atoms with van der Waals surface area (Å²) in [6.07, 6.45) is 2.80. The van der Waals surface area contributed by atoms with E-state index in [1.54, 1.807) is 38.5 Å². The summed E-state index contributed by atoms with van der Waals surface area (Å²) in [6.45, 7) is 0. The van der Waals surface area contributed by atoms with E-state index < -0.39 is 5.97 Å². The smallest absolute Gasteiger partial charge is 0.331 e. The van der Waals surface area contributed by atoms with Gasteiger partial charge < -0.3 is 14.6 Å². The number of aliphatic carboxylic acids is 1. The van der Waals surface area contributed by atoms with E-state index in [2.05, 4.69) is 0 Å². The molecule has 0 aromatic heterocycles. The number of carboxylic acids is 1. The molecular weight excluding hydrogens is 292 g/mol. The van der Waals surface area contributed by atoms with Crippen LogP contribution in [0.1, 0.15) is 17.5 Å². The number of benzene rings is 2. The molecule has 0 fully saturated rings. The number of methoxy groups -OCH3 is 2. The van der Waals surface area contributed by atoms with Gasteiger partial charge in [-0.1, -0.05) is 30.3 Å². The molecule has 1 N–H and O–H groups in total. The van der Waals surface area contributed by atoms with Gasteiger partial charge in [0.1, 0.15) is 11.5 Å². The Balaban J connectivity index is 2.23. The summed E-state index contributed by atoms with van der Waals surface area (Å²) in [5, 5.41) is 9.43. The van der Waals surface area contributed by atoms with E-state index in [4.69, 9.17) is 9.47 Å². The zero-order valence-corrected chi connectivity index (χ0v) is 13.3. The molecule has 4 nitrogen and oxygen atoms in total. The molecule has 4 heteroatoms. The predicted molar refractivity (Wildman–Crippen MR) is 89.9 cm³/mol. The molecule has 0 radical (unpaired) electrons. The number of aryl methyl sites for hydroxylation is 1. The van der Waals surface area contributed by atoms with Crippen LogP contribution in [0.2, 0.25) is 0 Å². The second-order valence-electron chi connectivity index (χ2n) is 5.11. The first-order valence-electron chi connectivity index (χ1n) is 7.33. The number of carboxylic acid groups (broad SMARTS) is 1. The third kappa shape index (κ3) is 4.88. The zero-order valence-electron chi connectivity index (χ0n) is 13.3. The minimum atomic E-state index is -0.914. The van der Waals surface area contributed by atoms with E-state index in [0.717, 1.165) is 11.1 Å². The van der Waals surface area contributed by atoms with Crippen molar-refractivity contribution < 1.29 is 19.4 Å². The summed E-state index contributed by atoms with van der Waals surface area (Å²) in [5.41, 5.74) is 2.21. The van der Waals surface area contributed by atoms with Crippen molar-refractivity contribution in [1.82, 2.24) is 0 Å². The molecular formula is C19H20O4. The summed E-state index contributed by atoms with van der Waals surface area (Å²) in [6, 6.07) is 15.2. The normalized spacial score (nSPS) is 11.1. The van der Waals surface area contributed by atoms with Gasteiger partial charge in [0.2, 0.25) is 0 Å². The molecule has 0 aliphatic rings. The number of hydrogen-bond donors (Lipinski definition) is 1. The van der Waals surface area contributed by atoms with Crippen LogP contribution in [0.3, 0.4) is 0 Å². The van der Waals surface area contributed by atoms with Crippen molar-refractivity contribution in [3.05, 3.63) is 65.2 Å². The minimum absolute atomic E-state index is 0.351. The molecule has 0 aliphatic carbocycles. The second kappa shape index (κ2) is 8.03. The zero-order chi connectivity index (χ0) is 16.7. The molecule has 0 atom stereocenters. The topological polar surface area (TPSA) is 55.8 Å². The van der Waals surface area contributed by atoms with Gasteiger partial charge in [0.05, 0.1) is 14.2 Å². The van der Waals surface area contributed by atoms with E-state index in [1.165, 1.54) is 0 Å². The second-order valence-corrected chi connectivity index (χ2v) is 5.11. The van der Waals surface area contributed by atoms with Gasteiger partial charge in [-0.15, -0.1) is 0 Å². The first-order chi connectivity index (χ1) is 11.1. The lowest BCUT2D eigenvalue weighted by Crippen LogP contribution is -2.02. The number of rotatable bonds is 7. The van der Waals surface area contributed by atoms with Crippen molar-refractivity contribution in [2.75, 3.05) is 14.2 Å². The molecule has 0 saturated heterocycles. The summed E-state index contributed by atoms with van der Waals surface area (Å²) in [5.74, 6) is 0.342. The highest BCUT2D eigenvalue weighted by molar-refractivity contribution is 5.92. The van der Waals surface area contributed by atoms with Gasteiger partial charge in [-0.25, -0.2) is 4.79 Å². The Bertz CT molecular complexity index is 668. The fraction of sp³-hybridized carbons (Fsp3) is 0.211. The number of ether oxygens (including phenoxy) is 2. The van der Waals surface area contributed by atoms with Crippen molar-refractivity contribution in [1.29, 1.82) is 0 Å². The Kier molecular flexibility index (Phi) is 5.80. The lowest BCUT2D eigenvalue weighted by molar-refractivity contribution is -0.132. The van der Waals surface area contributed by atoms with Crippen LogP contribution in [0.5, 0.6) is 11.5 Å². The quantitative estimate of drug-likeness (QED) is 0.790. The van der Waals surface area contributed by atoms with Crippen LogP contribution >= 0.6 is 0 Å². The average Bonchev–Trinajstić information content (AvgIpc) is 2.58. The van der Waals surface area contributed by atoms with Crippen LogP contribution in [0.15, 0.2) is 54.1 Å². The molecule has 23 heavy (non-hydrogen) atoms. The van der Waals surface area contributed by atoms with Crippen molar-refractivity contribution in [2.45, 2.75) is 12.8 Å². The minimum Gasteiger partial charge on any atom is -0.497 e. The van der Waals surface area contributed by atoms with Crippen LogP contribution in [0.25, 0.3) is 6.08 Å². The fourth-order valence-electron chi connectivity index (χ4n) is 2.28. The Morgan fingerprint density at radius 1 is 1.04 bits per heavy atom. The molecule has 0 spiro atoms. The number of carbonyl (C=O) groups is 1. The lowest BCUT2D eigenvalue weighted by Gasteiger charge is -2.08. The average molecular weight is 312 g/mol. The number of hydrogen-bond acceptors (Lipinski definition) is 3. The molecule has 2 aromatic rings. The largest absolute Gasteiger partial charge is 0.497 e. The fourth-order valence-corrected chi connectivity index (χ4v) is 2.28. The molecule has 2 aromatic carbocycles. The van der Waals surface area contributed by atoms with Gasteiger partial charge in [0.25, 0.3) is 0 Å². The van der Waals surface area contributed by atoms with Crippen LogP contribution in [-0.2, 0) is 11.2 Å². The predicted octanol–water partition coefficient (Wildman–Crippen LogP) is 3.80. The highest BCUT2D eigenvalue weighted by Crippen LogP contribution is 2.25. The van der Waals surface area contributed by atoms with Gasteiger partial charge in [0.15, 0.2) is 0 Å². The molecule has 120 valence electrons. The first-order valence-corrected chi connectivity index (χ1v) is 7.33. The van der Waals surface area contributed by atoms with Crippen molar-refractivity contribution >= 4 is 12.0 Å². The maximum atomic E-state index is 11.5. The van der Waals surface area contributed by atoms with Gasteiger partial charge >= 0.3 is 5.97 Å². The van der Waals surface area contributed by atoms with E-state index in [1.807, 2.05) is 30.3 Å². The standard InChI is InChI=1S/C19H20O4/c1-22-17-11-15(12-18(13-17)23-2)10-16(19(20)21)9-8-14-6-4-3-5-7-14/h3-7,10-13H,8-9H2,1-2H3,(H,20,21)/b16-10+. The van der Waals surface area contributed by atoms with Crippen LogP contribution in [0.4, 0.5) is 0 Å². The Hall–Kier alpha value is -2.75. The first kappa shape index (κ1) is 16.6. The van der Waals surface area contributed by atoms with E-state index in [9.17, 15) is 9.90 Å². The highest BCUT2D eigenvalue weighted by Gasteiger charge is 2.09. The summed E-state index contributed by atoms with van der Waals surface area (Å²) < 4.78 is 10.4. The third-order valence-corrected chi connectivity index (χ3v) is 3.52. The Morgan fingerprint density at radius 3 is 2.17 bits per heavy atom.